The number of carboxylic acid groups (broad SMARTS) is 1. The summed E-state index contributed by atoms with van der Waals surface area (Å²) in [5, 5.41) is 19.4. The SMILES string of the molecule is CC(C)CCN(C(=O)O)C(=O)N1COC(O)C1Cc1ccccc1. The summed E-state index contributed by atoms with van der Waals surface area (Å²) in [5.41, 5.74) is 0.939. The van der Waals surface area contributed by atoms with E-state index in [9.17, 15) is 19.8 Å². The Labute approximate surface area is 141 Å². The third-order valence-electron chi connectivity index (χ3n) is 4.04. The van der Waals surface area contributed by atoms with Crippen molar-refractivity contribution >= 4 is 12.1 Å². The van der Waals surface area contributed by atoms with Crippen molar-refractivity contribution in [2.75, 3.05) is 13.3 Å². The van der Waals surface area contributed by atoms with Gasteiger partial charge in [-0.1, -0.05) is 44.2 Å². The highest BCUT2D eigenvalue weighted by Crippen LogP contribution is 2.22. The zero-order chi connectivity index (χ0) is 17.7. The lowest BCUT2D eigenvalue weighted by molar-refractivity contribution is -0.0671. The van der Waals surface area contributed by atoms with Crippen molar-refractivity contribution in [3.63, 3.8) is 0 Å². The van der Waals surface area contributed by atoms with E-state index in [0.717, 1.165) is 10.5 Å². The van der Waals surface area contributed by atoms with Gasteiger partial charge in [0.2, 0.25) is 0 Å². The van der Waals surface area contributed by atoms with Crippen LogP contribution in [-0.4, -0.2) is 57.7 Å². The van der Waals surface area contributed by atoms with Gasteiger partial charge >= 0.3 is 12.1 Å². The van der Waals surface area contributed by atoms with Crippen molar-refractivity contribution < 1.29 is 24.5 Å². The number of carbonyl (C=O) groups excluding carboxylic acids is 1. The first-order valence-electron chi connectivity index (χ1n) is 8.04. The Morgan fingerprint density at radius 2 is 2.00 bits per heavy atom. The Morgan fingerprint density at radius 1 is 1.33 bits per heavy atom. The van der Waals surface area contributed by atoms with E-state index in [0.29, 0.717) is 12.8 Å². The molecule has 2 N–H and O–H groups in total. The van der Waals surface area contributed by atoms with Crippen LogP contribution in [0.3, 0.4) is 0 Å². The van der Waals surface area contributed by atoms with Gasteiger partial charge in [-0.05, 0) is 24.3 Å². The largest absolute Gasteiger partial charge is 0.465 e. The fraction of sp³-hybridized carbons (Fsp3) is 0.529. The molecule has 1 aromatic carbocycles. The van der Waals surface area contributed by atoms with Crippen LogP contribution in [0.25, 0.3) is 0 Å². The average molecular weight is 336 g/mol. The van der Waals surface area contributed by atoms with Crippen LogP contribution in [0.15, 0.2) is 30.3 Å². The number of ether oxygens (including phenoxy) is 1. The number of benzene rings is 1. The fourth-order valence-electron chi connectivity index (χ4n) is 2.60. The maximum absolute atomic E-state index is 12.6. The monoisotopic (exact) mass is 336 g/mol. The van der Waals surface area contributed by atoms with Gasteiger partial charge in [0.15, 0.2) is 6.29 Å². The first-order chi connectivity index (χ1) is 11.4. The number of hydrogen-bond acceptors (Lipinski definition) is 4. The first kappa shape index (κ1) is 18.2. The molecule has 132 valence electrons. The van der Waals surface area contributed by atoms with Gasteiger partial charge in [-0.3, -0.25) is 4.90 Å². The predicted molar refractivity (Wildman–Crippen MR) is 87.3 cm³/mol. The molecule has 2 atom stereocenters. The lowest BCUT2D eigenvalue weighted by Gasteiger charge is -2.28. The molecule has 2 rings (SSSR count). The van der Waals surface area contributed by atoms with E-state index in [-0.39, 0.29) is 19.2 Å². The molecule has 0 aromatic heterocycles. The number of nitrogens with zero attached hydrogens (tertiary/aromatic N) is 2. The minimum atomic E-state index is -1.29. The van der Waals surface area contributed by atoms with E-state index in [4.69, 9.17) is 4.74 Å². The zero-order valence-electron chi connectivity index (χ0n) is 14.0. The summed E-state index contributed by atoms with van der Waals surface area (Å²) in [7, 11) is 0. The van der Waals surface area contributed by atoms with Gasteiger partial charge in [0, 0.05) is 6.54 Å². The number of rotatable bonds is 5. The maximum atomic E-state index is 12.6. The molecule has 0 spiro atoms. The van der Waals surface area contributed by atoms with Crippen LogP contribution < -0.4 is 0 Å². The predicted octanol–water partition coefficient (Wildman–Crippen LogP) is 2.35. The van der Waals surface area contributed by atoms with Gasteiger partial charge < -0.3 is 14.9 Å². The number of urea groups is 1. The van der Waals surface area contributed by atoms with Gasteiger partial charge in [-0.25, -0.2) is 14.5 Å². The molecule has 1 aliphatic heterocycles. The average Bonchev–Trinajstić information content (AvgIpc) is 2.89. The molecule has 1 aromatic rings. The molecule has 1 heterocycles. The molecule has 7 nitrogen and oxygen atoms in total. The van der Waals surface area contributed by atoms with Crippen molar-refractivity contribution in [3.05, 3.63) is 35.9 Å². The standard InChI is InChI=1S/C17H24N2O5/c1-12(2)8-9-18(17(22)23)16(21)19-11-24-15(20)14(19)10-13-6-4-3-5-7-13/h3-7,12,14-15,20H,8-11H2,1-2H3,(H,22,23). The zero-order valence-corrected chi connectivity index (χ0v) is 14.0. The van der Waals surface area contributed by atoms with Gasteiger partial charge in [-0.2, -0.15) is 0 Å². The van der Waals surface area contributed by atoms with Gasteiger partial charge in [-0.15, -0.1) is 0 Å². The second-order valence-electron chi connectivity index (χ2n) is 6.31. The number of hydrogen-bond donors (Lipinski definition) is 2. The van der Waals surface area contributed by atoms with Crippen molar-refractivity contribution in [1.29, 1.82) is 0 Å². The smallest absolute Gasteiger partial charge is 0.415 e. The van der Waals surface area contributed by atoms with Crippen molar-refractivity contribution in [2.45, 2.75) is 39.0 Å². The van der Waals surface area contributed by atoms with Crippen LogP contribution in [-0.2, 0) is 11.2 Å². The molecule has 1 saturated heterocycles. The highest BCUT2D eigenvalue weighted by molar-refractivity contribution is 5.90. The minimum Gasteiger partial charge on any atom is -0.465 e. The van der Waals surface area contributed by atoms with E-state index < -0.39 is 24.5 Å². The van der Waals surface area contributed by atoms with E-state index in [1.165, 1.54) is 4.90 Å². The molecular weight excluding hydrogens is 312 g/mol. The first-order valence-corrected chi connectivity index (χ1v) is 8.04. The van der Waals surface area contributed by atoms with Gasteiger partial charge in [0.1, 0.15) is 6.73 Å². The lowest BCUT2D eigenvalue weighted by atomic mass is 10.1. The minimum absolute atomic E-state index is 0.122. The summed E-state index contributed by atoms with van der Waals surface area (Å²) in [6, 6.07) is 8.14. The summed E-state index contributed by atoms with van der Waals surface area (Å²) >= 11 is 0. The van der Waals surface area contributed by atoms with Crippen LogP contribution in [0.4, 0.5) is 9.59 Å². The summed E-state index contributed by atoms with van der Waals surface area (Å²) in [5.74, 6) is 0.278. The number of aliphatic hydroxyl groups is 1. The highest BCUT2D eigenvalue weighted by atomic mass is 16.6. The molecule has 0 radical (unpaired) electrons. The molecule has 24 heavy (non-hydrogen) atoms. The van der Waals surface area contributed by atoms with Crippen LogP contribution >= 0.6 is 0 Å². The Hall–Kier alpha value is -2.12. The fourth-order valence-corrected chi connectivity index (χ4v) is 2.60. The van der Waals surface area contributed by atoms with E-state index in [1.54, 1.807) is 0 Å². The van der Waals surface area contributed by atoms with E-state index in [2.05, 4.69) is 0 Å². The summed E-state index contributed by atoms with van der Waals surface area (Å²) in [4.78, 5) is 26.1. The maximum Gasteiger partial charge on any atom is 0.415 e. The molecule has 0 bridgehead atoms. The Bertz CT molecular complexity index is 563. The molecule has 0 saturated carbocycles. The molecule has 1 fully saturated rings. The van der Waals surface area contributed by atoms with Gasteiger partial charge in [0.25, 0.3) is 0 Å². The van der Waals surface area contributed by atoms with Crippen LogP contribution in [0.2, 0.25) is 0 Å². The Balaban J connectivity index is 2.11. The van der Waals surface area contributed by atoms with E-state index in [1.807, 2.05) is 44.2 Å². The third kappa shape index (κ3) is 4.46. The molecule has 2 unspecified atom stereocenters. The highest BCUT2D eigenvalue weighted by Gasteiger charge is 2.40. The lowest BCUT2D eigenvalue weighted by Crippen LogP contribution is -2.50. The van der Waals surface area contributed by atoms with Crippen LogP contribution in [0.1, 0.15) is 25.8 Å². The summed E-state index contributed by atoms with van der Waals surface area (Å²) in [6.45, 7) is 3.93. The quantitative estimate of drug-likeness (QED) is 0.861. The van der Waals surface area contributed by atoms with E-state index >= 15 is 0 Å². The van der Waals surface area contributed by atoms with Crippen LogP contribution in [0.5, 0.6) is 0 Å². The topological polar surface area (TPSA) is 90.3 Å². The van der Waals surface area contributed by atoms with Gasteiger partial charge in [0.05, 0.1) is 6.04 Å². The molecular formula is C17H24N2O5. The molecule has 1 aliphatic rings. The molecule has 0 aliphatic carbocycles. The summed E-state index contributed by atoms with van der Waals surface area (Å²) < 4.78 is 5.17. The Morgan fingerprint density at radius 3 is 2.58 bits per heavy atom. The number of amides is 3. The number of aliphatic hydroxyl groups excluding tert-OH is 1. The van der Waals surface area contributed by atoms with Crippen molar-refractivity contribution in [2.24, 2.45) is 5.92 Å². The van der Waals surface area contributed by atoms with Crippen molar-refractivity contribution in [3.8, 4) is 0 Å². The normalized spacial score (nSPS) is 20.4. The number of carbonyl (C=O) groups is 2. The summed E-state index contributed by atoms with van der Waals surface area (Å²) in [6.07, 6.45) is -1.44. The number of imide groups is 1. The Kier molecular flexibility index (Phi) is 6.16. The third-order valence-corrected chi connectivity index (χ3v) is 4.04. The second kappa shape index (κ2) is 8.12. The second-order valence-corrected chi connectivity index (χ2v) is 6.31. The van der Waals surface area contributed by atoms with Crippen molar-refractivity contribution in [1.82, 2.24) is 9.80 Å². The molecule has 7 heteroatoms. The molecule has 3 amide bonds. The van der Waals surface area contributed by atoms with Crippen LogP contribution in [0, 0.1) is 5.92 Å².